The van der Waals surface area contributed by atoms with Gasteiger partial charge in [-0.15, -0.1) is 0 Å². The van der Waals surface area contributed by atoms with Crippen LogP contribution in [0, 0.1) is 0 Å². The van der Waals surface area contributed by atoms with Crippen LogP contribution in [-0.2, 0) is 11.9 Å². The second-order valence-electron chi connectivity index (χ2n) is 2.34. The summed E-state index contributed by atoms with van der Waals surface area (Å²) in [6.07, 6.45) is 0. The molecule has 5 nitrogen and oxygen atoms in total. The third kappa shape index (κ3) is 2.43. The Morgan fingerprint density at radius 1 is 1.85 bits per heavy atom. The summed E-state index contributed by atoms with van der Waals surface area (Å²) in [4.78, 5) is 16.0. The zero-order valence-electron chi connectivity index (χ0n) is 7.37. The van der Waals surface area contributed by atoms with Crippen molar-refractivity contribution in [1.29, 1.82) is 0 Å². The van der Waals surface area contributed by atoms with E-state index in [4.69, 9.17) is 16.4 Å². The minimum Gasteiger partial charge on any atom is -0.274 e. The number of rotatable bonds is 3. The van der Waals surface area contributed by atoms with Crippen molar-refractivity contribution in [1.82, 2.24) is 15.3 Å². The third-order valence-electron chi connectivity index (χ3n) is 1.39. The normalized spacial score (nSPS) is 10.1. The fraction of sp³-hybridized carbons (Fsp3) is 0.429. The lowest BCUT2D eigenvalue weighted by Gasteiger charge is -2.02. The molecule has 0 aliphatic carbocycles. The quantitative estimate of drug-likeness (QED) is 0.738. The first-order valence-electron chi connectivity index (χ1n) is 3.76. The first kappa shape index (κ1) is 10.0. The molecule has 1 rings (SSSR count). The van der Waals surface area contributed by atoms with Gasteiger partial charge in [0, 0.05) is 13.1 Å². The van der Waals surface area contributed by atoms with E-state index in [0.29, 0.717) is 12.3 Å². The molecule has 6 heteroatoms. The van der Waals surface area contributed by atoms with Crippen LogP contribution in [0.5, 0.6) is 0 Å². The van der Waals surface area contributed by atoms with Crippen LogP contribution < -0.4 is 5.48 Å². The highest BCUT2D eigenvalue weighted by Gasteiger charge is 2.11. The fourth-order valence-electron chi connectivity index (χ4n) is 0.835. The minimum absolute atomic E-state index is 0.282. The molecule has 0 aliphatic rings. The zero-order chi connectivity index (χ0) is 9.84. The highest BCUT2D eigenvalue weighted by Crippen LogP contribution is 2.07. The molecule has 1 heterocycles. The van der Waals surface area contributed by atoms with Gasteiger partial charge in [-0.05, 0) is 6.92 Å². The molecule has 72 valence electrons. The molecule has 1 amide bonds. The Morgan fingerprint density at radius 3 is 3.00 bits per heavy atom. The standard InChI is InChI=1S/C7H10ClN3O2/c1-3-13-10-7(12)5-4-6(8)9-11(5)2/h4H,3H2,1-2H3,(H,10,12). The van der Waals surface area contributed by atoms with E-state index in [9.17, 15) is 4.79 Å². The Kier molecular flexibility index (Phi) is 3.27. The third-order valence-corrected chi connectivity index (χ3v) is 1.58. The van der Waals surface area contributed by atoms with Crippen molar-refractivity contribution in [3.8, 4) is 0 Å². The summed E-state index contributed by atoms with van der Waals surface area (Å²) in [7, 11) is 1.63. The first-order valence-corrected chi connectivity index (χ1v) is 4.14. The van der Waals surface area contributed by atoms with Crippen LogP contribution in [-0.4, -0.2) is 22.3 Å². The molecule has 0 saturated carbocycles. The van der Waals surface area contributed by atoms with Crippen molar-refractivity contribution < 1.29 is 9.63 Å². The number of hydrogen-bond acceptors (Lipinski definition) is 3. The van der Waals surface area contributed by atoms with Crippen LogP contribution in [0.15, 0.2) is 6.07 Å². The number of hydroxylamine groups is 1. The lowest BCUT2D eigenvalue weighted by Crippen LogP contribution is -2.25. The predicted molar refractivity (Wildman–Crippen MR) is 47.3 cm³/mol. The summed E-state index contributed by atoms with van der Waals surface area (Å²) in [5, 5.41) is 4.09. The first-order chi connectivity index (χ1) is 6.15. The Morgan fingerprint density at radius 2 is 2.54 bits per heavy atom. The van der Waals surface area contributed by atoms with Gasteiger partial charge in [0.25, 0.3) is 5.91 Å². The zero-order valence-corrected chi connectivity index (χ0v) is 8.13. The summed E-state index contributed by atoms with van der Waals surface area (Å²) >= 11 is 5.59. The van der Waals surface area contributed by atoms with Gasteiger partial charge in [0.2, 0.25) is 0 Å². The molecule has 0 bridgehead atoms. The number of nitrogens with one attached hydrogen (secondary N) is 1. The number of carbonyl (C=O) groups excluding carboxylic acids is 1. The van der Waals surface area contributed by atoms with E-state index in [-0.39, 0.29) is 11.1 Å². The van der Waals surface area contributed by atoms with E-state index >= 15 is 0 Å². The lowest BCUT2D eigenvalue weighted by molar-refractivity contribution is 0.0356. The van der Waals surface area contributed by atoms with Gasteiger partial charge in [0.1, 0.15) is 5.69 Å². The molecule has 1 aromatic heterocycles. The molecule has 0 spiro atoms. The molecule has 0 fully saturated rings. The molecule has 0 saturated heterocycles. The van der Waals surface area contributed by atoms with Crippen molar-refractivity contribution in [2.24, 2.45) is 7.05 Å². The van der Waals surface area contributed by atoms with Crippen molar-refractivity contribution in [2.75, 3.05) is 6.61 Å². The average molecular weight is 204 g/mol. The van der Waals surface area contributed by atoms with Gasteiger partial charge in [-0.1, -0.05) is 11.6 Å². The largest absolute Gasteiger partial charge is 0.293 e. The monoisotopic (exact) mass is 203 g/mol. The van der Waals surface area contributed by atoms with E-state index in [0.717, 1.165) is 0 Å². The Labute approximate surface area is 80.6 Å². The molecule has 13 heavy (non-hydrogen) atoms. The predicted octanol–water partition coefficient (Wildman–Crippen LogP) is 0.755. The van der Waals surface area contributed by atoms with Gasteiger partial charge in [0.15, 0.2) is 5.15 Å². The van der Waals surface area contributed by atoms with Crippen LogP contribution in [0.25, 0.3) is 0 Å². The van der Waals surface area contributed by atoms with Crippen molar-refractivity contribution >= 4 is 17.5 Å². The highest BCUT2D eigenvalue weighted by molar-refractivity contribution is 6.29. The molecule has 0 radical (unpaired) electrons. The fourth-order valence-corrected chi connectivity index (χ4v) is 1.05. The summed E-state index contributed by atoms with van der Waals surface area (Å²) in [6.45, 7) is 2.19. The van der Waals surface area contributed by atoms with Gasteiger partial charge in [-0.25, -0.2) is 5.48 Å². The van der Waals surface area contributed by atoms with Crippen molar-refractivity contribution in [3.63, 3.8) is 0 Å². The maximum absolute atomic E-state index is 11.3. The van der Waals surface area contributed by atoms with Crippen LogP contribution >= 0.6 is 11.6 Å². The van der Waals surface area contributed by atoms with Gasteiger partial charge < -0.3 is 0 Å². The van der Waals surface area contributed by atoms with E-state index < -0.39 is 0 Å². The van der Waals surface area contributed by atoms with E-state index in [2.05, 4.69) is 10.6 Å². The molecule has 1 N–H and O–H groups in total. The van der Waals surface area contributed by atoms with Gasteiger partial charge in [0.05, 0.1) is 6.61 Å². The van der Waals surface area contributed by atoms with Crippen LogP contribution in [0.3, 0.4) is 0 Å². The maximum atomic E-state index is 11.3. The average Bonchev–Trinajstić information content (AvgIpc) is 2.41. The lowest BCUT2D eigenvalue weighted by atomic mass is 10.4. The number of nitrogens with zero attached hydrogens (tertiary/aromatic N) is 2. The van der Waals surface area contributed by atoms with Gasteiger partial charge in [-0.3, -0.25) is 14.3 Å². The van der Waals surface area contributed by atoms with E-state index in [1.165, 1.54) is 10.7 Å². The number of aryl methyl sites for hydroxylation is 1. The summed E-state index contributed by atoms with van der Waals surface area (Å²) in [6, 6.07) is 1.47. The summed E-state index contributed by atoms with van der Waals surface area (Å²) in [5.41, 5.74) is 2.60. The SMILES string of the molecule is CCONC(=O)c1cc(Cl)nn1C. The summed E-state index contributed by atoms with van der Waals surface area (Å²) in [5.74, 6) is -0.358. The Balaban J connectivity index is 2.70. The molecular formula is C7H10ClN3O2. The molecule has 0 unspecified atom stereocenters. The van der Waals surface area contributed by atoms with E-state index in [1.807, 2.05) is 0 Å². The highest BCUT2D eigenvalue weighted by atomic mass is 35.5. The van der Waals surface area contributed by atoms with Crippen LogP contribution in [0.1, 0.15) is 17.4 Å². The molecule has 0 aromatic carbocycles. The van der Waals surface area contributed by atoms with E-state index in [1.54, 1.807) is 14.0 Å². The second kappa shape index (κ2) is 4.25. The van der Waals surface area contributed by atoms with Gasteiger partial charge in [-0.2, -0.15) is 5.10 Å². The second-order valence-corrected chi connectivity index (χ2v) is 2.73. The van der Waals surface area contributed by atoms with Gasteiger partial charge >= 0.3 is 0 Å². The van der Waals surface area contributed by atoms with Crippen molar-refractivity contribution in [3.05, 3.63) is 16.9 Å². The molecule has 0 aliphatic heterocycles. The number of halogens is 1. The number of aromatic nitrogens is 2. The molecular weight excluding hydrogens is 194 g/mol. The molecule has 1 aromatic rings. The number of carbonyl (C=O) groups is 1. The van der Waals surface area contributed by atoms with Crippen LogP contribution in [0.4, 0.5) is 0 Å². The Hall–Kier alpha value is -1.07. The number of amides is 1. The Bertz CT molecular complexity index is 311. The smallest absolute Gasteiger partial charge is 0.274 e. The number of hydrogen-bond donors (Lipinski definition) is 1. The van der Waals surface area contributed by atoms with Crippen LogP contribution in [0.2, 0.25) is 5.15 Å². The maximum Gasteiger partial charge on any atom is 0.293 e. The molecule has 0 atom stereocenters. The topological polar surface area (TPSA) is 56.1 Å². The van der Waals surface area contributed by atoms with Crippen molar-refractivity contribution in [2.45, 2.75) is 6.92 Å². The summed E-state index contributed by atoms with van der Waals surface area (Å²) < 4.78 is 1.39. The minimum atomic E-state index is -0.358.